The number of hydrogen-bond donors (Lipinski definition) is 1. The van der Waals surface area contributed by atoms with Gasteiger partial charge in [-0.15, -0.1) is 0 Å². The summed E-state index contributed by atoms with van der Waals surface area (Å²) in [5.74, 6) is -2.65. The van der Waals surface area contributed by atoms with Crippen LogP contribution in [0.5, 0.6) is 11.6 Å². The second-order valence-electron chi connectivity index (χ2n) is 9.05. The highest BCUT2D eigenvalue weighted by atomic mass is 32.2. The van der Waals surface area contributed by atoms with Crippen LogP contribution in [0.2, 0.25) is 0 Å². The third kappa shape index (κ3) is 7.69. The Hall–Kier alpha value is -3.13. The Balaban J connectivity index is 1.94. The summed E-state index contributed by atoms with van der Waals surface area (Å²) < 4.78 is 124. The van der Waals surface area contributed by atoms with Gasteiger partial charge in [0.1, 0.15) is 11.6 Å². The van der Waals surface area contributed by atoms with Gasteiger partial charge in [0.25, 0.3) is 0 Å². The molecular formula is C24H24F7N3O3S. The molecule has 0 saturated heterocycles. The number of nitrogens with zero attached hydrogens (tertiary/aromatic N) is 2. The lowest BCUT2D eigenvalue weighted by atomic mass is 9.93. The lowest BCUT2D eigenvalue weighted by Crippen LogP contribution is -2.44. The van der Waals surface area contributed by atoms with Crippen molar-refractivity contribution in [3.8, 4) is 22.9 Å². The standard InChI is InChI=1S/C24H24F7N3O3S/c1-4-9-34-21(37-19-7-5-16(6-8-19)24(29,30)31)13-20(32-34)15-10-17(12-18(25)11-15)22(2,3)33-38(35,36)14-23(26,27)28/h5-8,10-13,33H,4,9,14H2,1-3H3. The van der Waals surface area contributed by atoms with Crippen molar-refractivity contribution in [3.05, 3.63) is 65.5 Å². The highest BCUT2D eigenvalue weighted by Crippen LogP contribution is 2.34. The van der Waals surface area contributed by atoms with E-state index in [1.54, 1.807) is 0 Å². The molecule has 0 amide bonds. The number of nitrogens with one attached hydrogen (secondary N) is 1. The topological polar surface area (TPSA) is 73.2 Å². The van der Waals surface area contributed by atoms with Crippen molar-refractivity contribution in [2.75, 3.05) is 5.75 Å². The van der Waals surface area contributed by atoms with Crippen molar-refractivity contribution < 1.29 is 43.9 Å². The summed E-state index contributed by atoms with van der Waals surface area (Å²) in [5.41, 5.74) is -2.07. The summed E-state index contributed by atoms with van der Waals surface area (Å²) in [5, 5.41) is 4.37. The summed E-state index contributed by atoms with van der Waals surface area (Å²) in [4.78, 5) is 0. The van der Waals surface area contributed by atoms with E-state index >= 15 is 0 Å². The van der Waals surface area contributed by atoms with Crippen molar-refractivity contribution in [2.45, 2.75) is 51.6 Å². The van der Waals surface area contributed by atoms with Gasteiger partial charge in [-0.2, -0.15) is 31.4 Å². The van der Waals surface area contributed by atoms with E-state index in [4.69, 9.17) is 4.74 Å². The molecule has 0 fully saturated rings. The van der Waals surface area contributed by atoms with E-state index in [1.807, 2.05) is 11.6 Å². The fourth-order valence-electron chi connectivity index (χ4n) is 3.63. The number of ether oxygens (including phenoxy) is 1. The molecule has 0 spiro atoms. The van der Waals surface area contributed by atoms with Gasteiger partial charge in [0, 0.05) is 18.2 Å². The van der Waals surface area contributed by atoms with Crippen molar-refractivity contribution in [2.24, 2.45) is 0 Å². The summed E-state index contributed by atoms with van der Waals surface area (Å²) in [6, 6.07) is 8.89. The molecule has 1 heterocycles. The largest absolute Gasteiger partial charge is 0.439 e. The van der Waals surface area contributed by atoms with E-state index in [-0.39, 0.29) is 28.5 Å². The molecule has 2 aromatic carbocycles. The van der Waals surface area contributed by atoms with Crippen molar-refractivity contribution in [1.82, 2.24) is 14.5 Å². The van der Waals surface area contributed by atoms with E-state index in [0.717, 1.165) is 36.4 Å². The average Bonchev–Trinajstić information content (AvgIpc) is 3.13. The monoisotopic (exact) mass is 567 g/mol. The third-order valence-electron chi connectivity index (χ3n) is 5.26. The first-order chi connectivity index (χ1) is 17.4. The van der Waals surface area contributed by atoms with Gasteiger partial charge in [-0.1, -0.05) is 6.92 Å². The Labute approximate surface area is 214 Å². The van der Waals surface area contributed by atoms with E-state index in [0.29, 0.717) is 13.0 Å². The number of rotatable bonds is 9. The molecule has 38 heavy (non-hydrogen) atoms. The van der Waals surface area contributed by atoms with Crippen molar-refractivity contribution in [1.29, 1.82) is 0 Å². The predicted molar refractivity (Wildman–Crippen MR) is 125 cm³/mol. The maximum absolute atomic E-state index is 14.6. The fourth-order valence-corrected chi connectivity index (χ4v) is 5.02. The molecule has 0 saturated carbocycles. The molecule has 0 unspecified atom stereocenters. The Morgan fingerprint density at radius 1 is 0.947 bits per heavy atom. The van der Waals surface area contributed by atoms with Crippen LogP contribution in [-0.2, 0) is 28.3 Å². The van der Waals surface area contributed by atoms with E-state index < -0.39 is 45.0 Å². The second kappa shape index (κ2) is 10.6. The van der Waals surface area contributed by atoms with Crippen molar-refractivity contribution >= 4 is 10.0 Å². The molecular weight excluding hydrogens is 543 g/mol. The highest BCUT2D eigenvalue weighted by molar-refractivity contribution is 7.89. The first-order valence-electron chi connectivity index (χ1n) is 11.2. The number of alkyl halides is 6. The minimum absolute atomic E-state index is 0.0356. The Morgan fingerprint density at radius 2 is 1.58 bits per heavy atom. The molecule has 1 aromatic heterocycles. The summed E-state index contributed by atoms with van der Waals surface area (Å²) in [6.07, 6.45) is -8.88. The summed E-state index contributed by atoms with van der Waals surface area (Å²) in [6.45, 7) is 4.77. The zero-order valence-corrected chi connectivity index (χ0v) is 21.2. The van der Waals surface area contributed by atoms with Crippen LogP contribution in [0, 0.1) is 5.82 Å². The van der Waals surface area contributed by atoms with Crippen LogP contribution in [0.25, 0.3) is 11.3 Å². The molecule has 0 aliphatic carbocycles. The Morgan fingerprint density at radius 3 is 2.13 bits per heavy atom. The maximum atomic E-state index is 14.6. The fraction of sp³-hybridized carbons (Fsp3) is 0.375. The number of benzene rings is 2. The lowest BCUT2D eigenvalue weighted by Gasteiger charge is -2.27. The molecule has 1 N–H and O–H groups in total. The quantitative estimate of drug-likeness (QED) is 0.295. The predicted octanol–water partition coefficient (Wildman–Crippen LogP) is 6.63. The molecule has 0 aliphatic heterocycles. The molecule has 208 valence electrons. The first kappa shape index (κ1) is 29.4. The molecule has 3 rings (SSSR count). The number of sulfonamides is 1. The highest BCUT2D eigenvalue weighted by Gasteiger charge is 2.38. The van der Waals surface area contributed by atoms with Crippen LogP contribution in [-0.4, -0.2) is 30.1 Å². The van der Waals surface area contributed by atoms with Crippen LogP contribution in [0.15, 0.2) is 48.5 Å². The summed E-state index contributed by atoms with van der Waals surface area (Å²) in [7, 11) is -4.80. The lowest BCUT2D eigenvalue weighted by molar-refractivity contribution is -0.137. The Kier molecular flexibility index (Phi) is 8.18. The van der Waals surface area contributed by atoms with E-state index in [9.17, 15) is 39.2 Å². The van der Waals surface area contributed by atoms with Crippen molar-refractivity contribution in [3.63, 3.8) is 0 Å². The summed E-state index contributed by atoms with van der Waals surface area (Å²) >= 11 is 0. The van der Waals surface area contributed by atoms with Crippen LogP contribution < -0.4 is 9.46 Å². The average molecular weight is 568 g/mol. The smallest absolute Gasteiger partial charge is 0.416 e. The van der Waals surface area contributed by atoms with Gasteiger partial charge >= 0.3 is 12.4 Å². The first-order valence-corrected chi connectivity index (χ1v) is 12.9. The zero-order chi connectivity index (χ0) is 28.5. The molecule has 3 aromatic rings. The minimum Gasteiger partial charge on any atom is -0.439 e. The van der Waals surface area contributed by atoms with Crippen LogP contribution in [0.1, 0.15) is 38.3 Å². The SMILES string of the molecule is CCCn1nc(-c2cc(F)cc(C(C)(C)NS(=O)(=O)CC(F)(F)F)c2)cc1Oc1ccc(C(F)(F)F)cc1. The van der Waals surface area contributed by atoms with E-state index in [1.165, 1.54) is 30.7 Å². The second-order valence-corrected chi connectivity index (χ2v) is 10.8. The third-order valence-corrected chi connectivity index (χ3v) is 6.79. The Bertz CT molecular complexity index is 1380. The minimum atomic E-state index is -4.97. The molecule has 0 atom stereocenters. The molecule has 0 aliphatic rings. The number of aromatic nitrogens is 2. The van der Waals surface area contributed by atoms with Gasteiger partial charge in [-0.3, -0.25) is 0 Å². The van der Waals surface area contributed by atoms with Gasteiger partial charge in [0.2, 0.25) is 15.9 Å². The number of aryl methyl sites for hydroxylation is 1. The van der Waals surface area contributed by atoms with E-state index in [2.05, 4.69) is 5.10 Å². The van der Waals surface area contributed by atoms with Gasteiger partial charge in [0.05, 0.1) is 16.8 Å². The normalized spacial score (nSPS) is 13.1. The van der Waals surface area contributed by atoms with Gasteiger partial charge in [-0.05, 0) is 68.3 Å². The maximum Gasteiger partial charge on any atom is 0.416 e. The number of halogens is 7. The molecule has 0 radical (unpaired) electrons. The van der Waals surface area contributed by atoms with Crippen LogP contribution in [0.3, 0.4) is 0 Å². The molecule has 0 bridgehead atoms. The van der Waals surface area contributed by atoms with Gasteiger partial charge in [0.15, 0.2) is 5.75 Å². The van der Waals surface area contributed by atoms with Gasteiger partial charge < -0.3 is 4.74 Å². The molecule has 6 nitrogen and oxygen atoms in total. The van der Waals surface area contributed by atoms with Gasteiger partial charge in [-0.25, -0.2) is 22.2 Å². The molecule has 14 heteroatoms. The van der Waals surface area contributed by atoms with Crippen LogP contribution in [0.4, 0.5) is 30.7 Å². The van der Waals surface area contributed by atoms with Crippen LogP contribution >= 0.6 is 0 Å². The zero-order valence-electron chi connectivity index (χ0n) is 20.4. The number of hydrogen-bond acceptors (Lipinski definition) is 4.